The van der Waals surface area contributed by atoms with Gasteiger partial charge in [0.05, 0.1) is 29.2 Å². The van der Waals surface area contributed by atoms with Crippen LogP contribution in [0.1, 0.15) is 47.2 Å². The highest BCUT2D eigenvalue weighted by atomic mass is 16.5. The molecule has 1 aliphatic rings. The summed E-state index contributed by atoms with van der Waals surface area (Å²) in [6.45, 7) is 2.58. The molecule has 30 heavy (non-hydrogen) atoms. The third-order valence-electron chi connectivity index (χ3n) is 6.06. The average molecular weight is 408 g/mol. The quantitative estimate of drug-likeness (QED) is 0.705. The predicted octanol–water partition coefficient (Wildman–Crippen LogP) is 3.44. The maximum absolute atomic E-state index is 13.0. The molecule has 1 saturated carbocycles. The first-order chi connectivity index (χ1) is 14.4. The molecule has 0 atom stereocenters. The summed E-state index contributed by atoms with van der Waals surface area (Å²) in [6.07, 6.45) is 7.42. The second kappa shape index (κ2) is 8.48. The fourth-order valence-corrected chi connectivity index (χ4v) is 4.50. The van der Waals surface area contributed by atoms with E-state index in [-0.39, 0.29) is 23.6 Å². The first-order valence-electron chi connectivity index (χ1n) is 10.6. The standard InChI is InChI=1S/C24H29N3O3/c1-16-13-27(3)24(29)21-20(14-26(2)22(16)21)23(28)25-18-9-11-19(12-10-18)30-15-17-7-5-4-6-8-17/h4-8,13-14,18-19H,9-12,15H2,1-3H3,(H,25,28)/t18-,19-. The van der Waals surface area contributed by atoms with Gasteiger partial charge in [-0.15, -0.1) is 0 Å². The Labute approximate surface area is 176 Å². The lowest BCUT2D eigenvalue weighted by molar-refractivity contribution is 0.0113. The number of aryl methyl sites for hydroxylation is 3. The number of nitrogens with zero attached hydrogens (tertiary/aromatic N) is 2. The van der Waals surface area contributed by atoms with Crippen LogP contribution in [0.5, 0.6) is 0 Å². The summed E-state index contributed by atoms with van der Waals surface area (Å²) in [5.74, 6) is -0.169. The third-order valence-corrected chi connectivity index (χ3v) is 6.06. The van der Waals surface area contributed by atoms with Crippen LogP contribution in [0, 0.1) is 6.92 Å². The highest BCUT2D eigenvalue weighted by molar-refractivity contribution is 6.07. The molecule has 158 valence electrons. The molecule has 1 aromatic carbocycles. The van der Waals surface area contributed by atoms with Crippen LogP contribution in [0.2, 0.25) is 0 Å². The fourth-order valence-electron chi connectivity index (χ4n) is 4.50. The molecule has 6 heteroatoms. The summed E-state index contributed by atoms with van der Waals surface area (Å²) in [4.78, 5) is 25.7. The highest BCUT2D eigenvalue weighted by Crippen LogP contribution is 2.24. The molecule has 2 aromatic heterocycles. The minimum absolute atomic E-state index is 0.109. The summed E-state index contributed by atoms with van der Waals surface area (Å²) >= 11 is 0. The SMILES string of the molecule is Cc1cn(C)c(=O)c2c(C(=O)N[C@H]3CC[C@H](OCc4ccccc4)CC3)cn(C)c12. The predicted molar refractivity (Wildman–Crippen MR) is 118 cm³/mol. The second-order valence-corrected chi connectivity index (χ2v) is 8.35. The molecular formula is C24H29N3O3. The summed E-state index contributed by atoms with van der Waals surface area (Å²) in [5.41, 5.74) is 3.30. The Balaban J connectivity index is 1.39. The van der Waals surface area contributed by atoms with Crippen molar-refractivity contribution >= 4 is 16.8 Å². The van der Waals surface area contributed by atoms with E-state index in [0.29, 0.717) is 17.6 Å². The number of pyridine rings is 1. The third kappa shape index (κ3) is 4.05. The Hall–Kier alpha value is -2.86. The van der Waals surface area contributed by atoms with Crippen LogP contribution in [0.4, 0.5) is 0 Å². The molecular weight excluding hydrogens is 378 g/mol. The Bertz CT molecular complexity index is 1110. The Morgan fingerprint density at radius 2 is 1.77 bits per heavy atom. The first-order valence-corrected chi connectivity index (χ1v) is 10.6. The molecule has 0 unspecified atom stereocenters. The average Bonchev–Trinajstić information content (AvgIpc) is 3.10. The van der Waals surface area contributed by atoms with Crippen molar-refractivity contribution in [2.45, 2.75) is 51.4 Å². The van der Waals surface area contributed by atoms with Gasteiger partial charge in [0, 0.05) is 32.5 Å². The van der Waals surface area contributed by atoms with Crippen LogP contribution < -0.4 is 10.9 Å². The van der Waals surface area contributed by atoms with Crippen molar-refractivity contribution in [1.82, 2.24) is 14.5 Å². The van der Waals surface area contributed by atoms with E-state index in [2.05, 4.69) is 17.4 Å². The van der Waals surface area contributed by atoms with E-state index >= 15 is 0 Å². The molecule has 0 aliphatic heterocycles. The molecule has 1 amide bonds. The highest BCUT2D eigenvalue weighted by Gasteiger charge is 2.25. The van der Waals surface area contributed by atoms with Gasteiger partial charge in [-0.25, -0.2) is 0 Å². The number of amides is 1. The fraction of sp³-hybridized carbons (Fsp3) is 0.417. The zero-order valence-electron chi connectivity index (χ0n) is 17.9. The van der Waals surface area contributed by atoms with Crippen molar-refractivity contribution in [3.05, 3.63) is 69.8 Å². The zero-order valence-corrected chi connectivity index (χ0v) is 17.9. The molecule has 0 saturated heterocycles. The van der Waals surface area contributed by atoms with Crippen molar-refractivity contribution in [2.24, 2.45) is 14.1 Å². The van der Waals surface area contributed by atoms with E-state index in [1.807, 2.05) is 42.9 Å². The monoisotopic (exact) mass is 407 g/mol. The molecule has 0 bridgehead atoms. The van der Waals surface area contributed by atoms with Crippen molar-refractivity contribution in [3.8, 4) is 0 Å². The van der Waals surface area contributed by atoms with E-state index in [0.717, 1.165) is 36.8 Å². The number of fused-ring (bicyclic) bond motifs is 1. The Kier molecular flexibility index (Phi) is 5.77. The van der Waals surface area contributed by atoms with E-state index in [1.165, 1.54) is 5.56 Å². The molecule has 4 rings (SSSR count). The lowest BCUT2D eigenvalue weighted by Crippen LogP contribution is -2.39. The number of carbonyl (C=O) groups is 1. The number of benzene rings is 1. The number of nitrogens with one attached hydrogen (secondary N) is 1. The molecule has 1 fully saturated rings. The van der Waals surface area contributed by atoms with Crippen LogP contribution in [-0.4, -0.2) is 27.2 Å². The smallest absolute Gasteiger partial charge is 0.260 e. The van der Waals surface area contributed by atoms with Crippen molar-refractivity contribution < 1.29 is 9.53 Å². The maximum Gasteiger partial charge on any atom is 0.260 e. The number of carbonyl (C=O) groups excluding carboxylic acids is 1. The van der Waals surface area contributed by atoms with E-state index in [4.69, 9.17) is 4.74 Å². The molecule has 6 nitrogen and oxygen atoms in total. The molecule has 0 spiro atoms. The van der Waals surface area contributed by atoms with E-state index < -0.39 is 0 Å². The normalized spacial score (nSPS) is 19.2. The molecule has 1 N–H and O–H groups in total. The van der Waals surface area contributed by atoms with Gasteiger partial charge < -0.3 is 19.2 Å². The minimum Gasteiger partial charge on any atom is -0.374 e. The largest absolute Gasteiger partial charge is 0.374 e. The number of hydrogen-bond acceptors (Lipinski definition) is 3. The van der Waals surface area contributed by atoms with Crippen molar-refractivity contribution in [1.29, 1.82) is 0 Å². The number of aromatic nitrogens is 2. The molecule has 0 radical (unpaired) electrons. The van der Waals surface area contributed by atoms with E-state index in [1.54, 1.807) is 17.8 Å². The summed E-state index contributed by atoms with van der Waals surface area (Å²) in [5, 5.41) is 3.64. The zero-order chi connectivity index (χ0) is 21.3. The van der Waals surface area contributed by atoms with Crippen LogP contribution >= 0.6 is 0 Å². The molecule has 3 aromatic rings. The van der Waals surface area contributed by atoms with Crippen LogP contribution in [0.3, 0.4) is 0 Å². The summed E-state index contributed by atoms with van der Waals surface area (Å²) in [6, 6.07) is 10.3. The van der Waals surface area contributed by atoms with Gasteiger partial charge in [0.2, 0.25) is 0 Å². The van der Waals surface area contributed by atoms with Crippen LogP contribution in [-0.2, 0) is 25.4 Å². The topological polar surface area (TPSA) is 65.3 Å². The lowest BCUT2D eigenvalue weighted by atomic mass is 9.92. The van der Waals surface area contributed by atoms with Gasteiger partial charge in [-0.2, -0.15) is 0 Å². The Morgan fingerprint density at radius 1 is 1.07 bits per heavy atom. The number of ether oxygens (including phenoxy) is 1. The van der Waals surface area contributed by atoms with Gasteiger partial charge in [-0.1, -0.05) is 30.3 Å². The van der Waals surface area contributed by atoms with Gasteiger partial charge in [0.15, 0.2) is 0 Å². The van der Waals surface area contributed by atoms with Crippen molar-refractivity contribution in [2.75, 3.05) is 0 Å². The van der Waals surface area contributed by atoms with Crippen LogP contribution in [0.15, 0.2) is 47.5 Å². The van der Waals surface area contributed by atoms with E-state index in [9.17, 15) is 9.59 Å². The van der Waals surface area contributed by atoms with Gasteiger partial charge in [0.1, 0.15) is 0 Å². The summed E-state index contributed by atoms with van der Waals surface area (Å²) < 4.78 is 9.47. The summed E-state index contributed by atoms with van der Waals surface area (Å²) in [7, 11) is 3.60. The van der Waals surface area contributed by atoms with Gasteiger partial charge in [0.25, 0.3) is 11.5 Å². The van der Waals surface area contributed by atoms with Crippen LogP contribution in [0.25, 0.3) is 10.9 Å². The number of hydrogen-bond donors (Lipinski definition) is 1. The van der Waals surface area contributed by atoms with Gasteiger partial charge in [-0.3, -0.25) is 9.59 Å². The molecule has 2 heterocycles. The van der Waals surface area contributed by atoms with Gasteiger partial charge in [-0.05, 0) is 43.7 Å². The number of rotatable bonds is 5. The first kappa shape index (κ1) is 20.4. The molecule has 1 aliphatic carbocycles. The lowest BCUT2D eigenvalue weighted by Gasteiger charge is -2.29. The van der Waals surface area contributed by atoms with Crippen molar-refractivity contribution in [3.63, 3.8) is 0 Å². The second-order valence-electron chi connectivity index (χ2n) is 8.35. The van der Waals surface area contributed by atoms with Gasteiger partial charge >= 0.3 is 0 Å². The maximum atomic E-state index is 13.0. The minimum atomic E-state index is -0.169. The Morgan fingerprint density at radius 3 is 2.47 bits per heavy atom.